The summed E-state index contributed by atoms with van der Waals surface area (Å²) in [6, 6.07) is 3.84. The minimum Gasteiger partial charge on any atom is -0.397 e. The summed E-state index contributed by atoms with van der Waals surface area (Å²) >= 11 is 0. The van der Waals surface area contributed by atoms with E-state index in [1.165, 1.54) is 12.1 Å². The van der Waals surface area contributed by atoms with Gasteiger partial charge in [-0.2, -0.15) is 13.2 Å². The highest BCUT2D eigenvalue weighted by molar-refractivity contribution is 6.02. The van der Waals surface area contributed by atoms with Crippen LogP contribution in [-0.2, 0) is 6.18 Å². The van der Waals surface area contributed by atoms with E-state index in [4.69, 9.17) is 11.5 Å². The summed E-state index contributed by atoms with van der Waals surface area (Å²) < 4.78 is 37.3. The molecule has 1 aliphatic rings. The molecule has 14 heavy (non-hydrogen) atoms. The molecular weight excluding hydrogens is 193 g/mol. The van der Waals surface area contributed by atoms with Gasteiger partial charge in [-0.15, -0.1) is 0 Å². The van der Waals surface area contributed by atoms with E-state index in [2.05, 4.69) is 0 Å². The Labute approximate surface area is 78.0 Å². The molecule has 4 N–H and O–H groups in total. The van der Waals surface area contributed by atoms with E-state index < -0.39 is 11.7 Å². The van der Waals surface area contributed by atoms with Crippen LogP contribution in [0.25, 0.3) is 11.4 Å². The standard InChI is InChI=1S/C9H7F3N2/c10-9(11,12)5-3-1-2-4-6(5)8(14)7(4)13/h1-3H,13-14H2. The Balaban J connectivity index is 2.62. The first-order chi connectivity index (χ1) is 6.43. The lowest BCUT2D eigenvalue weighted by Gasteiger charge is -2.25. The lowest BCUT2D eigenvalue weighted by atomic mass is 9.86. The second kappa shape index (κ2) is 2.43. The zero-order valence-corrected chi connectivity index (χ0v) is 7.02. The van der Waals surface area contributed by atoms with E-state index in [1.54, 1.807) is 0 Å². The molecule has 1 aliphatic carbocycles. The molecule has 0 aromatic heterocycles. The van der Waals surface area contributed by atoms with Crippen molar-refractivity contribution in [2.75, 3.05) is 0 Å². The Morgan fingerprint density at radius 3 is 2.21 bits per heavy atom. The van der Waals surface area contributed by atoms with Gasteiger partial charge in [-0.05, 0) is 6.07 Å². The van der Waals surface area contributed by atoms with Crippen LogP contribution in [0.1, 0.15) is 16.7 Å². The molecule has 0 saturated carbocycles. The third-order valence-electron chi connectivity index (χ3n) is 2.22. The van der Waals surface area contributed by atoms with E-state index in [1.807, 2.05) is 0 Å². The van der Waals surface area contributed by atoms with Crippen molar-refractivity contribution < 1.29 is 13.2 Å². The molecule has 1 aromatic carbocycles. The number of rotatable bonds is 0. The van der Waals surface area contributed by atoms with Crippen molar-refractivity contribution in [2.24, 2.45) is 11.5 Å². The van der Waals surface area contributed by atoms with Crippen molar-refractivity contribution in [3.63, 3.8) is 0 Å². The van der Waals surface area contributed by atoms with Gasteiger partial charge in [-0.1, -0.05) is 12.1 Å². The molecule has 74 valence electrons. The van der Waals surface area contributed by atoms with Crippen LogP contribution >= 0.6 is 0 Å². The molecule has 2 nitrogen and oxygen atoms in total. The third-order valence-corrected chi connectivity index (χ3v) is 2.22. The summed E-state index contributed by atoms with van der Waals surface area (Å²) in [5.74, 6) is 0. The molecule has 0 amide bonds. The molecule has 0 aliphatic heterocycles. The highest BCUT2D eigenvalue weighted by Crippen LogP contribution is 2.42. The molecule has 0 heterocycles. The van der Waals surface area contributed by atoms with Crippen LogP contribution in [0.4, 0.5) is 13.2 Å². The monoisotopic (exact) mass is 200 g/mol. The molecule has 5 heteroatoms. The summed E-state index contributed by atoms with van der Waals surface area (Å²) in [5, 5.41) is 0. The van der Waals surface area contributed by atoms with E-state index in [-0.39, 0.29) is 17.0 Å². The molecule has 0 spiro atoms. The lowest BCUT2D eigenvalue weighted by Crippen LogP contribution is -2.23. The smallest absolute Gasteiger partial charge is 0.397 e. The molecule has 2 rings (SSSR count). The van der Waals surface area contributed by atoms with Gasteiger partial charge < -0.3 is 11.5 Å². The van der Waals surface area contributed by atoms with Crippen molar-refractivity contribution >= 4 is 11.4 Å². The van der Waals surface area contributed by atoms with Gasteiger partial charge in [0.15, 0.2) is 0 Å². The van der Waals surface area contributed by atoms with Gasteiger partial charge in [0.05, 0.1) is 17.0 Å². The van der Waals surface area contributed by atoms with Gasteiger partial charge >= 0.3 is 6.18 Å². The van der Waals surface area contributed by atoms with Crippen molar-refractivity contribution in [3.05, 3.63) is 34.9 Å². The van der Waals surface area contributed by atoms with E-state index >= 15 is 0 Å². The quantitative estimate of drug-likeness (QED) is 0.670. The number of benzene rings is 1. The molecule has 1 aromatic rings. The van der Waals surface area contributed by atoms with Gasteiger partial charge in [0, 0.05) is 11.1 Å². The molecule has 0 unspecified atom stereocenters. The normalized spacial score (nSPS) is 15.1. The number of fused-ring (bicyclic) bond motifs is 1. The Morgan fingerprint density at radius 1 is 1.00 bits per heavy atom. The minimum absolute atomic E-state index is 0.0255. The fraction of sp³-hybridized carbons (Fsp3) is 0.111. The maximum Gasteiger partial charge on any atom is 0.417 e. The van der Waals surface area contributed by atoms with Crippen molar-refractivity contribution in [1.29, 1.82) is 0 Å². The van der Waals surface area contributed by atoms with Gasteiger partial charge in [-0.25, -0.2) is 0 Å². The molecule has 0 fully saturated rings. The van der Waals surface area contributed by atoms with Crippen LogP contribution in [-0.4, -0.2) is 0 Å². The van der Waals surface area contributed by atoms with Gasteiger partial charge in [-0.3, -0.25) is 0 Å². The zero-order valence-electron chi connectivity index (χ0n) is 7.02. The Morgan fingerprint density at radius 2 is 1.64 bits per heavy atom. The predicted octanol–water partition coefficient (Wildman–Crippen LogP) is 1.76. The van der Waals surface area contributed by atoms with Crippen LogP contribution in [0, 0.1) is 0 Å². The second-order valence-corrected chi connectivity index (χ2v) is 3.05. The van der Waals surface area contributed by atoms with Crippen molar-refractivity contribution in [2.45, 2.75) is 6.18 Å². The molecule has 0 saturated heterocycles. The number of halogens is 3. The topological polar surface area (TPSA) is 52.0 Å². The Hall–Kier alpha value is -1.65. The number of hydrogen-bond acceptors (Lipinski definition) is 2. The van der Waals surface area contributed by atoms with Gasteiger partial charge in [0.25, 0.3) is 0 Å². The lowest BCUT2D eigenvalue weighted by molar-refractivity contribution is -0.137. The highest BCUT2D eigenvalue weighted by atomic mass is 19.4. The summed E-state index contributed by atoms with van der Waals surface area (Å²) in [5.41, 5.74) is 10.8. The summed E-state index contributed by atoms with van der Waals surface area (Å²) in [6.45, 7) is 0. The summed E-state index contributed by atoms with van der Waals surface area (Å²) in [4.78, 5) is 0. The number of nitrogens with two attached hydrogens (primary N) is 2. The van der Waals surface area contributed by atoms with Crippen LogP contribution in [0.3, 0.4) is 0 Å². The largest absolute Gasteiger partial charge is 0.417 e. The molecule has 0 radical (unpaired) electrons. The SMILES string of the molecule is NC1=C(N)c2c1cccc2C(F)(F)F. The van der Waals surface area contributed by atoms with Gasteiger partial charge in [0.2, 0.25) is 0 Å². The highest BCUT2D eigenvalue weighted by Gasteiger charge is 2.38. The number of hydrogen-bond donors (Lipinski definition) is 2. The first-order valence-electron chi connectivity index (χ1n) is 3.89. The van der Waals surface area contributed by atoms with E-state index in [0.29, 0.717) is 5.56 Å². The Kier molecular flexibility index (Phi) is 1.55. The Bertz CT molecular complexity index is 432. The first kappa shape index (κ1) is 8.93. The van der Waals surface area contributed by atoms with Crippen molar-refractivity contribution in [3.8, 4) is 0 Å². The van der Waals surface area contributed by atoms with Crippen LogP contribution < -0.4 is 11.5 Å². The maximum absolute atomic E-state index is 12.4. The van der Waals surface area contributed by atoms with Crippen LogP contribution in [0.5, 0.6) is 0 Å². The molecular formula is C9H7F3N2. The van der Waals surface area contributed by atoms with E-state index in [9.17, 15) is 13.2 Å². The fourth-order valence-corrected chi connectivity index (χ4v) is 1.52. The molecule has 0 atom stereocenters. The summed E-state index contributed by atoms with van der Waals surface area (Å²) in [7, 11) is 0. The zero-order chi connectivity index (χ0) is 10.5. The maximum atomic E-state index is 12.4. The first-order valence-corrected chi connectivity index (χ1v) is 3.89. The van der Waals surface area contributed by atoms with Crippen molar-refractivity contribution in [1.82, 2.24) is 0 Å². The third kappa shape index (κ3) is 0.982. The second-order valence-electron chi connectivity index (χ2n) is 3.05. The number of alkyl halides is 3. The fourth-order valence-electron chi connectivity index (χ4n) is 1.52. The van der Waals surface area contributed by atoms with Crippen LogP contribution in [0.2, 0.25) is 0 Å². The van der Waals surface area contributed by atoms with Crippen LogP contribution in [0.15, 0.2) is 18.2 Å². The molecule has 0 bridgehead atoms. The minimum atomic E-state index is -4.38. The van der Waals surface area contributed by atoms with E-state index in [0.717, 1.165) is 6.07 Å². The van der Waals surface area contributed by atoms with Gasteiger partial charge in [0.1, 0.15) is 0 Å². The summed E-state index contributed by atoms with van der Waals surface area (Å²) in [6.07, 6.45) is -4.38. The predicted molar refractivity (Wildman–Crippen MR) is 46.6 cm³/mol. The average molecular weight is 200 g/mol. The average Bonchev–Trinajstić information content (AvgIpc) is 2.14.